The predicted molar refractivity (Wildman–Crippen MR) is 137 cm³/mol. The molecule has 1 aromatic heterocycles. The van der Waals surface area contributed by atoms with Gasteiger partial charge in [0, 0.05) is 45.0 Å². The largest absolute Gasteiger partial charge is 0.492 e. The van der Waals surface area contributed by atoms with Gasteiger partial charge in [0.25, 0.3) is 5.91 Å². The topological polar surface area (TPSA) is 54.9 Å². The molecule has 2 aromatic rings. The fourth-order valence-electron chi connectivity index (χ4n) is 5.81. The van der Waals surface area contributed by atoms with Gasteiger partial charge in [-0.1, -0.05) is 24.6 Å². The Kier molecular flexibility index (Phi) is 7.57. The van der Waals surface area contributed by atoms with Crippen molar-refractivity contribution in [3.05, 3.63) is 53.7 Å². The summed E-state index contributed by atoms with van der Waals surface area (Å²) in [6.45, 7) is 5.68. The molecule has 0 N–H and O–H groups in total. The van der Waals surface area contributed by atoms with Gasteiger partial charge in [0.05, 0.1) is 12.7 Å². The number of methoxy groups -OCH3 is 1. The molecule has 3 aliphatic rings. The van der Waals surface area contributed by atoms with Crippen LogP contribution in [0.2, 0.25) is 0 Å². The number of pyridine rings is 1. The van der Waals surface area contributed by atoms with Crippen LogP contribution in [-0.2, 0) is 6.42 Å². The number of ether oxygens (including phenoxy) is 2. The van der Waals surface area contributed by atoms with Crippen molar-refractivity contribution in [2.75, 3.05) is 46.4 Å². The van der Waals surface area contributed by atoms with Gasteiger partial charge in [0.2, 0.25) is 5.88 Å². The second-order valence-electron chi connectivity index (χ2n) is 10.7. The van der Waals surface area contributed by atoms with E-state index in [2.05, 4.69) is 34.1 Å². The highest BCUT2D eigenvalue weighted by Gasteiger charge is 2.38. The van der Waals surface area contributed by atoms with Gasteiger partial charge in [0.15, 0.2) is 0 Å². The second-order valence-corrected chi connectivity index (χ2v) is 10.7. The lowest BCUT2D eigenvalue weighted by Gasteiger charge is -2.45. The van der Waals surface area contributed by atoms with Crippen LogP contribution in [0.1, 0.15) is 60.9 Å². The minimum absolute atomic E-state index is 0.0861. The summed E-state index contributed by atoms with van der Waals surface area (Å²) in [5, 5.41) is 0. The van der Waals surface area contributed by atoms with Gasteiger partial charge in [0.1, 0.15) is 12.4 Å². The number of carbonyl (C=O) groups excluding carboxylic acids is 1. The lowest BCUT2D eigenvalue weighted by atomic mass is 9.73. The Labute approximate surface area is 209 Å². The minimum atomic E-state index is 0.0861. The predicted octanol–water partition coefficient (Wildman–Crippen LogP) is 4.83. The van der Waals surface area contributed by atoms with E-state index in [-0.39, 0.29) is 11.3 Å². The van der Waals surface area contributed by atoms with Gasteiger partial charge < -0.3 is 14.4 Å². The maximum absolute atomic E-state index is 13.1. The average Bonchev–Trinajstić information content (AvgIpc) is 3.71. The fourth-order valence-corrected chi connectivity index (χ4v) is 5.81. The van der Waals surface area contributed by atoms with Crippen LogP contribution in [0, 0.1) is 11.3 Å². The molecule has 1 aliphatic carbocycles. The zero-order chi connectivity index (χ0) is 24.1. The number of rotatable bonds is 4. The average molecular weight is 478 g/mol. The van der Waals surface area contributed by atoms with E-state index in [1.54, 1.807) is 19.4 Å². The molecule has 6 nitrogen and oxygen atoms in total. The molecule has 1 saturated carbocycles. The lowest BCUT2D eigenvalue weighted by molar-refractivity contribution is 0.0368. The first kappa shape index (κ1) is 24.1. The summed E-state index contributed by atoms with van der Waals surface area (Å²) in [5.74, 6) is 2.54. The zero-order valence-electron chi connectivity index (χ0n) is 21.1. The second kappa shape index (κ2) is 11.0. The van der Waals surface area contributed by atoms with Gasteiger partial charge in [-0.25, -0.2) is 4.98 Å². The fraction of sp³-hybridized carbons (Fsp3) is 0.586. The molecule has 188 valence electrons. The summed E-state index contributed by atoms with van der Waals surface area (Å²) in [6.07, 6.45) is 11.2. The van der Waals surface area contributed by atoms with Crippen LogP contribution in [0.25, 0.3) is 0 Å². The third kappa shape index (κ3) is 6.16. The van der Waals surface area contributed by atoms with E-state index in [4.69, 9.17) is 9.47 Å². The maximum Gasteiger partial charge on any atom is 0.255 e. The van der Waals surface area contributed by atoms with Crippen LogP contribution in [0.4, 0.5) is 0 Å². The van der Waals surface area contributed by atoms with E-state index in [9.17, 15) is 4.79 Å². The van der Waals surface area contributed by atoms with Crippen LogP contribution < -0.4 is 9.47 Å². The van der Waals surface area contributed by atoms with Gasteiger partial charge in [-0.2, -0.15) is 0 Å². The highest BCUT2D eigenvalue weighted by Crippen LogP contribution is 2.40. The number of benzene rings is 1. The normalized spacial score (nSPS) is 21.3. The van der Waals surface area contributed by atoms with Crippen LogP contribution in [-0.4, -0.2) is 67.1 Å². The third-order valence-corrected chi connectivity index (χ3v) is 8.12. The summed E-state index contributed by atoms with van der Waals surface area (Å²) < 4.78 is 11.4. The van der Waals surface area contributed by atoms with E-state index >= 15 is 0 Å². The van der Waals surface area contributed by atoms with Gasteiger partial charge in [-0.3, -0.25) is 9.69 Å². The maximum atomic E-state index is 13.1. The van der Waals surface area contributed by atoms with Crippen LogP contribution in [0.15, 0.2) is 42.6 Å². The van der Waals surface area contributed by atoms with Crippen LogP contribution >= 0.6 is 0 Å². The zero-order valence-corrected chi connectivity index (χ0v) is 21.1. The van der Waals surface area contributed by atoms with E-state index in [1.165, 1.54) is 44.2 Å². The molecule has 5 rings (SSSR count). The molecule has 0 radical (unpaired) electrons. The number of carbonyl (C=O) groups is 1. The van der Waals surface area contributed by atoms with Crippen molar-refractivity contribution in [3.63, 3.8) is 0 Å². The molecule has 0 bridgehead atoms. The van der Waals surface area contributed by atoms with E-state index in [1.807, 2.05) is 11.0 Å². The molecular formula is C29H39N3O3. The summed E-state index contributed by atoms with van der Waals surface area (Å²) in [7, 11) is 1.59. The minimum Gasteiger partial charge on any atom is -0.492 e. The molecular weight excluding hydrogens is 438 g/mol. The third-order valence-electron chi connectivity index (χ3n) is 8.12. The Bertz CT molecular complexity index is 981. The molecule has 1 aromatic carbocycles. The molecule has 1 amide bonds. The van der Waals surface area contributed by atoms with Crippen LogP contribution in [0.5, 0.6) is 11.6 Å². The quantitative estimate of drug-likeness (QED) is 0.631. The molecule has 6 heteroatoms. The van der Waals surface area contributed by atoms with Crippen LogP contribution in [0.3, 0.4) is 0 Å². The number of piperidine rings is 1. The SMILES string of the molecule is COc1ccc(C(=O)N2CCC3(CCCCc4ccccc4OCCN(CC4CC4)C3)CC2)cn1. The Morgan fingerprint density at radius 1 is 1.09 bits per heavy atom. The molecule has 3 heterocycles. The summed E-state index contributed by atoms with van der Waals surface area (Å²) in [5.41, 5.74) is 2.26. The smallest absolute Gasteiger partial charge is 0.255 e. The monoisotopic (exact) mass is 477 g/mol. The van der Waals surface area contributed by atoms with E-state index in [0.717, 1.165) is 63.7 Å². The van der Waals surface area contributed by atoms with E-state index in [0.29, 0.717) is 11.4 Å². The Morgan fingerprint density at radius 2 is 1.91 bits per heavy atom. The molecule has 2 aliphatic heterocycles. The van der Waals surface area contributed by atoms with Gasteiger partial charge >= 0.3 is 0 Å². The summed E-state index contributed by atoms with van der Waals surface area (Å²) >= 11 is 0. The first-order valence-corrected chi connectivity index (χ1v) is 13.4. The first-order valence-electron chi connectivity index (χ1n) is 13.4. The molecule has 35 heavy (non-hydrogen) atoms. The number of amides is 1. The number of hydrogen-bond acceptors (Lipinski definition) is 5. The molecule has 2 fully saturated rings. The Balaban J connectivity index is 1.26. The van der Waals surface area contributed by atoms with Crippen molar-refractivity contribution in [2.24, 2.45) is 11.3 Å². The highest BCUT2D eigenvalue weighted by molar-refractivity contribution is 5.94. The molecule has 0 unspecified atom stereocenters. The van der Waals surface area contributed by atoms with Crippen molar-refractivity contribution >= 4 is 5.91 Å². The standard InChI is InChI=1S/C29H39N3O3/c1-34-27-12-11-25(20-30-27)28(33)32-16-14-29(15-17-32)13-5-4-7-24-6-2-3-8-26(24)35-19-18-31(22-29)21-23-9-10-23/h2-3,6,8,11-12,20,23H,4-5,7,9-10,13-19,21-22H2,1H3. The number of likely N-dealkylation sites (tertiary alicyclic amines) is 1. The van der Waals surface area contributed by atoms with Gasteiger partial charge in [-0.05, 0) is 74.0 Å². The number of aromatic nitrogens is 1. The van der Waals surface area contributed by atoms with Crippen molar-refractivity contribution in [3.8, 4) is 11.6 Å². The van der Waals surface area contributed by atoms with Crippen molar-refractivity contribution in [1.29, 1.82) is 0 Å². The number of hydrogen-bond donors (Lipinski definition) is 0. The van der Waals surface area contributed by atoms with Crippen molar-refractivity contribution < 1.29 is 14.3 Å². The summed E-state index contributed by atoms with van der Waals surface area (Å²) in [6, 6.07) is 12.1. The molecule has 0 atom stereocenters. The first-order chi connectivity index (χ1) is 17.1. The number of para-hydroxylation sites is 1. The number of aryl methyl sites for hydroxylation is 1. The Morgan fingerprint density at radius 3 is 2.66 bits per heavy atom. The Hall–Kier alpha value is -2.60. The molecule has 1 spiro atoms. The lowest BCUT2D eigenvalue weighted by Crippen LogP contribution is -2.49. The number of fused-ring (bicyclic) bond motifs is 1. The number of nitrogens with zero attached hydrogens (tertiary/aromatic N) is 3. The van der Waals surface area contributed by atoms with E-state index < -0.39 is 0 Å². The molecule has 1 saturated heterocycles. The highest BCUT2D eigenvalue weighted by atomic mass is 16.5. The van der Waals surface area contributed by atoms with Crippen molar-refractivity contribution in [2.45, 2.75) is 51.4 Å². The van der Waals surface area contributed by atoms with Crippen molar-refractivity contribution in [1.82, 2.24) is 14.8 Å². The van der Waals surface area contributed by atoms with Gasteiger partial charge in [-0.15, -0.1) is 0 Å². The summed E-state index contributed by atoms with van der Waals surface area (Å²) in [4.78, 5) is 22.1.